The summed E-state index contributed by atoms with van der Waals surface area (Å²) >= 11 is 0. The first-order valence-corrected chi connectivity index (χ1v) is 5.15. The lowest BCUT2D eigenvalue weighted by Gasteiger charge is -2.26. The average molecular weight is 198 g/mol. The Morgan fingerprint density at radius 1 is 1.36 bits per heavy atom. The summed E-state index contributed by atoms with van der Waals surface area (Å²) in [7, 11) is 0. The quantitative estimate of drug-likeness (QED) is 0.308. The Kier molecular flexibility index (Phi) is 5.22. The first-order valence-electron chi connectivity index (χ1n) is 5.15. The van der Waals surface area contributed by atoms with Crippen molar-refractivity contribution in [3.05, 3.63) is 17.7 Å². The maximum atomic E-state index is 10.1. The van der Waals surface area contributed by atoms with Gasteiger partial charge in [0.05, 0.1) is 6.54 Å². The Bertz CT molecular complexity index is 177. The van der Waals surface area contributed by atoms with Crippen molar-refractivity contribution in [1.82, 2.24) is 5.48 Å². The summed E-state index contributed by atoms with van der Waals surface area (Å²) in [5.74, 6) is 1.18. The van der Waals surface area contributed by atoms with Gasteiger partial charge in [0, 0.05) is 6.54 Å². The topological polar surface area (TPSA) is 50.7 Å². The van der Waals surface area contributed by atoms with Gasteiger partial charge in [-0.05, 0) is 37.5 Å². The molecule has 0 amide bonds. The van der Waals surface area contributed by atoms with Crippen molar-refractivity contribution in [3.63, 3.8) is 0 Å². The highest BCUT2D eigenvalue weighted by Gasteiger charge is 2.20. The fourth-order valence-electron chi connectivity index (χ4n) is 1.95. The molecule has 0 aliphatic heterocycles. The minimum Gasteiger partial charge on any atom is -0.417 e. The molecule has 1 aliphatic carbocycles. The SMILES string of the molecule is C=CONCC1CCC(CN=O)CC1. The van der Waals surface area contributed by atoms with E-state index < -0.39 is 0 Å². The van der Waals surface area contributed by atoms with Crippen LogP contribution in [-0.4, -0.2) is 13.1 Å². The second-order valence-corrected chi connectivity index (χ2v) is 3.83. The number of hydroxylamine groups is 1. The maximum absolute atomic E-state index is 10.1. The summed E-state index contributed by atoms with van der Waals surface area (Å²) in [5.41, 5.74) is 2.85. The summed E-state index contributed by atoms with van der Waals surface area (Å²) in [5, 5.41) is 2.96. The Labute approximate surface area is 84.6 Å². The number of rotatable bonds is 6. The molecule has 1 fully saturated rings. The van der Waals surface area contributed by atoms with E-state index in [1.165, 1.54) is 6.26 Å². The summed E-state index contributed by atoms with van der Waals surface area (Å²) in [6, 6.07) is 0. The zero-order valence-corrected chi connectivity index (χ0v) is 8.45. The van der Waals surface area contributed by atoms with Gasteiger partial charge in [-0.3, -0.25) is 0 Å². The second-order valence-electron chi connectivity index (χ2n) is 3.83. The molecule has 0 heterocycles. The van der Waals surface area contributed by atoms with Crippen LogP contribution in [0, 0.1) is 16.7 Å². The number of hydrogen-bond donors (Lipinski definition) is 1. The smallest absolute Gasteiger partial charge is 0.104 e. The first kappa shape index (κ1) is 11.2. The molecule has 1 rings (SSSR count). The van der Waals surface area contributed by atoms with Crippen LogP contribution in [0.5, 0.6) is 0 Å². The summed E-state index contributed by atoms with van der Waals surface area (Å²) in [6.07, 6.45) is 5.95. The molecule has 1 aliphatic rings. The highest BCUT2D eigenvalue weighted by molar-refractivity contribution is 4.74. The highest BCUT2D eigenvalue weighted by atomic mass is 16.6. The van der Waals surface area contributed by atoms with Crippen LogP contribution in [0.1, 0.15) is 25.7 Å². The number of nitrogens with one attached hydrogen (secondary N) is 1. The number of nitrogens with zero attached hydrogens (tertiary/aromatic N) is 1. The zero-order chi connectivity index (χ0) is 10.2. The molecule has 0 bridgehead atoms. The molecule has 1 N–H and O–H groups in total. The molecular formula is C10H18N2O2. The Hall–Kier alpha value is -0.900. The van der Waals surface area contributed by atoms with Crippen molar-refractivity contribution in [3.8, 4) is 0 Å². The van der Waals surface area contributed by atoms with Crippen molar-refractivity contribution in [1.29, 1.82) is 0 Å². The molecule has 1 saturated carbocycles. The minimum atomic E-state index is 0.489. The van der Waals surface area contributed by atoms with E-state index in [0.29, 0.717) is 18.4 Å². The first-order chi connectivity index (χ1) is 6.86. The monoisotopic (exact) mass is 198 g/mol. The Morgan fingerprint density at radius 2 is 2.00 bits per heavy atom. The van der Waals surface area contributed by atoms with Gasteiger partial charge < -0.3 is 4.84 Å². The van der Waals surface area contributed by atoms with E-state index in [0.717, 1.165) is 32.2 Å². The third-order valence-corrected chi connectivity index (χ3v) is 2.84. The van der Waals surface area contributed by atoms with Gasteiger partial charge >= 0.3 is 0 Å². The van der Waals surface area contributed by atoms with E-state index in [1.807, 2.05) is 0 Å². The molecule has 0 aromatic rings. The van der Waals surface area contributed by atoms with Crippen molar-refractivity contribution in [2.75, 3.05) is 13.1 Å². The zero-order valence-electron chi connectivity index (χ0n) is 8.45. The molecule has 0 atom stereocenters. The average Bonchev–Trinajstić information content (AvgIpc) is 2.21. The van der Waals surface area contributed by atoms with E-state index >= 15 is 0 Å². The van der Waals surface area contributed by atoms with Crippen LogP contribution in [0.25, 0.3) is 0 Å². The lowest BCUT2D eigenvalue weighted by atomic mass is 9.82. The van der Waals surface area contributed by atoms with Gasteiger partial charge in [0.2, 0.25) is 0 Å². The molecular weight excluding hydrogens is 180 g/mol. The molecule has 80 valence electrons. The van der Waals surface area contributed by atoms with Crippen LogP contribution in [0.2, 0.25) is 0 Å². The maximum Gasteiger partial charge on any atom is 0.104 e. The van der Waals surface area contributed by atoms with Crippen LogP contribution in [0.3, 0.4) is 0 Å². The van der Waals surface area contributed by atoms with E-state index in [-0.39, 0.29) is 0 Å². The molecule has 0 unspecified atom stereocenters. The Morgan fingerprint density at radius 3 is 2.57 bits per heavy atom. The van der Waals surface area contributed by atoms with Crippen LogP contribution in [0.15, 0.2) is 18.0 Å². The van der Waals surface area contributed by atoms with Crippen LogP contribution in [0.4, 0.5) is 0 Å². The molecule has 0 aromatic carbocycles. The van der Waals surface area contributed by atoms with Crippen LogP contribution < -0.4 is 5.48 Å². The Balaban J connectivity index is 2.09. The van der Waals surface area contributed by atoms with Gasteiger partial charge in [-0.2, -0.15) is 10.4 Å². The summed E-state index contributed by atoms with van der Waals surface area (Å²) in [6.45, 7) is 4.81. The van der Waals surface area contributed by atoms with Gasteiger partial charge in [0.15, 0.2) is 0 Å². The second kappa shape index (κ2) is 6.54. The lowest BCUT2D eigenvalue weighted by Crippen LogP contribution is -2.26. The van der Waals surface area contributed by atoms with Crippen LogP contribution in [-0.2, 0) is 4.84 Å². The van der Waals surface area contributed by atoms with Crippen molar-refractivity contribution in [2.24, 2.45) is 17.0 Å². The largest absolute Gasteiger partial charge is 0.417 e. The van der Waals surface area contributed by atoms with Gasteiger partial charge in [0.25, 0.3) is 0 Å². The number of hydrogen-bond acceptors (Lipinski definition) is 4. The summed E-state index contributed by atoms with van der Waals surface area (Å²) in [4.78, 5) is 14.9. The van der Waals surface area contributed by atoms with E-state index in [9.17, 15) is 4.91 Å². The van der Waals surface area contributed by atoms with Crippen molar-refractivity contribution >= 4 is 0 Å². The standard InChI is InChI=1S/C10H18N2O2/c1-2-14-12-8-10-5-3-9(4-6-10)7-11-13/h2,9-10,12H,1,3-8H2. The van der Waals surface area contributed by atoms with Gasteiger partial charge in [-0.1, -0.05) is 11.8 Å². The van der Waals surface area contributed by atoms with Gasteiger partial charge in [0.1, 0.15) is 6.26 Å². The predicted octanol–water partition coefficient (Wildman–Crippen LogP) is 2.22. The molecule has 0 radical (unpaired) electrons. The van der Waals surface area contributed by atoms with Crippen molar-refractivity contribution in [2.45, 2.75) is 25.7 Å². The van der Waals surface area contributed by atoms with Gasteiger partial charge in [-0.25, -0.2) is 0 Å². The lowest BCUT2D eigenvalue weighted by molar-refractivity contribution is 0.108. The molecule has 14 heavy (non-hydrogen) atoms. The van der Waals surface area contributed by atoms with E-state index in [4.69, 9.17) is 4.84 Å². The number of nitroso groups, excluding NO2 is 1. The summed E-state index contributed by atoms with van der Waals surface area (Å²) < 4.78 is 0. The third-order valence-electron chi connectivity index (χ3n) is 2.84. The minimum absolute atomic E-state index is 0.489. The van der Waals surface area contributed by atoms with Crippen molar-refractivity contribution < 1.29 is 4.84 Å². The normalized spacial score (nSPS) is 26.9. The van der Waals surface area contributed by atoms with E-state index in [1.54, 1.807) is 0 Å². The molecule has 4 nitrogen and oxygen atoms in total. The highest BCUT2D eigenvalue weighted by Crippen LogP contribution is 2.28. The van der Waals surface area contributed by atoms with Gasteiger partial charge in [-0.15, -0.1) is 0 Å². The third kappa shape index (κ3) is 3.87. The van der Waals surface area contributed by atoms with Crippen LogP contribution >= 0.6 is 0 Å². The fourth-order valence-corrected chi connectivity index (χ4v) is 1.95. The molecule has 0 aromatic heterocycles. The molecule has 0 spiro atoms. The predicted molar refractivity (Wildman–Crippen MR) is 55.4 cm³/mol. The fraction of sp³-hybridized carbons (Fsp3) is 0.800. The molecule has 0 saturated heterocycles. The molecule has 4 heteroatoms. The van der Waals surface area contributed by atoms with E-state index in [2.05, 4.69) is 17.2 Å².